The summed E-state index contributed by atoms with van der Waals surface area (Å²) in [5.41, 5.74) is 0.345. The van der Waals surface area contributed by atoms with E-state index < -0.39 is 0 Å². The van der Waals surface area contributed by atoms with Crippen molar-refractivity contribution in [2.45, 2.75) is 39.2 Å². The van der Waals surface area contributed by atoms with E-state index in [-0.39, 0.29) is 11.8 Å². The third-order valence-corrected chi connectivity index (χ3v) is 3.50. The molecule has 1 aliphatic carbocycles. The Morgan fingerprint density at radius 2 is 2.21 bits per heavy atom. The maximum absolute atomic E-state index is 11.8. The fraction of sp³-hybridized carbons (Fsp3) is 0.909. The van der Waals surface area contributed by atoms with E-state index in [9.17, 15) is 4.79 Å². The van der Waals surface area contributed by atoms with Crippen LogP contribution in [0.1, 0.15) is 33.1 Å². The molecule has 0 aromatic rings. The lowest BCUT2D eigenvalue weighted by molar-refractivity contribution is -0.125. The molecular weight excluding hydrogens is 176 g/mol. The molecule has 0 spiro atoms. The fourth-order valence-electron chi connectivity index (χ4n) is 2.08. The second kappa shape index (κ2) is 3.54. The number of carbonyl (C=O) groups is 1. The Hall–Kier alpha value is -0.570. The van der Waals surface area contributed by atoms with E-state index >= 15 is 0 Å². The minimum Gasteiger partial charge on any atom is -0.353 e. The van der Waals surface area contributed by atoms with Crippen LogP contribution in [-0.2, 0) is 4.79 Å². The van der Waals surface area contributed by atoms with Crippen molar-refractivity contribution in [2.75, 3.05) is 13.1 Å². The van der Waals surface area contributed by atoms with Crippen LogP contribution in [-0.4, -0.2) is 25.0 Å². The molecule has 1 aliphatic heterocycles. The summed E-state index contributed by atoms with van der Waals surface area (Å²) in [6.07, 6.45) is 3.32. The average Bonchev–Trinajstić information content (AvgIpc) is 2.75. The summed E-state index contributed by atoms with van der Waals surface area (Å²) >= 11 is 0. The van der Waals surface area contributed by atoms with E-state index in [1.165, 1.54) is 0 Å². The molecule has 0 bridgehead atoms. The number of amides is 1. The monoisotopic (exact) mass is 196 g/mol. The topological polar surface area (TPSA) is 41.1 Å². The molecule has 0 radical (unpaired) electrons. The third kappa shape index (κ3) is 2.08. The molecule has 2 N–H and O–H groups in total. The van der Waals surface area contributed by atoms with Crippen molar-refractivity contribution >= 4 is 5.91 Å². The highest BCUT2D eigenvalue weighted by Crippen LogP contribution is 2.44. The van der Waals surface area contributed by atoms with Crippen molar-refractivity contribution in [2.24, 2.45) is 11.3 Å². The predicted molar refractivity (Wildman–Crippen MR) is 55.9 cm³/mol. The molecule has 14 heavy (non-hydrogen) atoms. The molecule has 3 nitrogen and oxygen atoms in total. The van der Waals surface area contributed by atoms with Gasteiger partial charge >= 0.3 is 0 Å². The molecular formula is C11H20N2O. The van der Waals surface area contributed by atoms with Gasteiger partial charge in [-0.1, -0.05) is 13.8 Å². The second-order valence-electron chi connectivity index (χ2n) is 5.30. The predicted octanol–water partition coefficient (Wildman–Crippen LogP) is 0.901. The molecule has 2 rings (SSSR count). The van der Waals surface area contributed by atoms with E-state index in [2.05, 4.69) is 24.5 Å². The molecule has 0 aromatic carbocycles. The minimum absolute atomic E-state index is 0.208. The van der Waals surface area contributed by atoms with Crippen LogP contribution in [0.5, 0.6) is 0 Å². The van der Waals surface area contributed by atoms with E-state index in [1.807, 2.05) is 0 Å². The van der Waals surface area contributed by atoms with Crippen LogP contribution in [0.25, 0.3) is 0 Å². The average molecular weight is 196 g/mol. The van der Waals surface area contributed by atoms with Crippen molar-refractivity contribution in [1.82, 2.24) is 10.6 Å². The second-order valence-corrected chi connectivity index (χ2v) is 5.30. The zero-order valence-corrected chi connectivity index (χ0v) is 9.10. The Bertz CT molecular complexity index is 231. The van der Waals surface area contributed by atoms with Crippen molar-refractivity contribution in [3.8, 4) is 0 Å². The van der Waals surface area contributed by atoms with Gasteiger partial charge in [0, 0.05) is 12.6 Å². The first-order valence-electron chi connectivity index (χ1n) is 5.61. The quantitative estimate of drug-likeness (QED) is 0.689. The Morgan fingerprint density at radius 3 is 2.71 bits per heavy atom. The van der Waals surface area contributed by atoms with Crippen molar-refractivity contribution < 1.29 is 4.79 Å². The van der Waals surface area contributed by atoms with Gasteiger partial charge in [0.05, 0.1) is 5.92 Å². The summed E-state index contributed by atoms with van der Waals surface area (Å²) in [5.74, 6) is 0.466. The van der Waals surface area contributed by atoms with Gasteiger partial charge in [-0.15, -0.1) is 0 Å². The lowest BCUT2D eigenvalue weighted by Gasteiger charge is -2.22. The van der Waals surface area contributed by atoms with Crippen LogP contribution < -0.4 is 10.6 Å². The van der Waals surface area contributed by atoms with E-state index in [1.54, 1.807) is 0 Å². The van der Waals surface area contributed by atoms with Crippen molar-refractivity contribution in [3.05, 3.63) is 0 Å². The molecule has 1 heterocycles. The van der Waals surface area contributed by atoms with Gasteiger partial charge in [0.15, 0.2) is 0 Å². The first-order valence-corrected chi connectivity index (χ1v) is 5.61. The van der Waals surface area contributed by atoms with Crippen molar-refractivity contribution in [3.63, 3.8) is 0 Å². The van der Waals surface area contributed by atoms with Gasteiger partial charge in [-0.25, -0.2) is 0 Å². The fourth-order valence-corrected chi connectivity index (χ4v) is 2.08. The lowest BCUT2D eigenvalue weighted by atomic mass is 9.99. The van der Waals surface area contributed by atoms with E-state index in [0.29, 0.717) is 11.5 Å². The summed E-state index contributed by atoms with van der Waals surface area (Å²) in [5, 5.41) is 6.40. The molecule has 80 valence electrons. The molecule has 2 aliphatic rings. The molecule has 2 atom stereocenters. The summed E-state index contributed by atoms with van der Waals surface area (Å²) in [4.78, 5) is 11.8. The summed E-state index contributed by atoms with van der Waals surface area (Å²) in [6.45, 7) is 6.34. The lowest BCUT2D eigenvalue weighted by Crippen LogP contribution is -2.42. The van der Waals surface area contributed by atoms with Gasteiger partial charge in [-0.3, -0.25) is 4.79 Å². The van der Waals surface area contributed by atoms with Gasteiger partial charge in [-0.05, 0) is 31.2 Å². The van der Waals surface area contributed by atoms with Gasteiger partial charge < -0.3 is 10.6 Å². The first-order chi connectivity index (χ1) is 6.59. The Labute approximate surface area is 85.6 Å². The molecule has 2 fully saturated rings. The maximum Gasteiger partial charge on any atom is 0.224 e. The summed E-state index contributed by atoms with van der Waals surface area (Å²) in [6, 6.07) is 0.428. The molecule has 0 aromatic heterocycles. The van der Waals surface area contributed by atoms with Crippen LogP contribution >= 0.6 is 0 Å². The molecule has 1 saturated heterocycles. The van der Waals surface area contributed by atoms with Gasteiger partial charge in [0.1, 0.15) is 0 Å². The van der Waals surface area contributed by atoms with Crippen LogP contribution in [0, 0.1) is 11.3 Å². The zero-order valence-electron chi connectivity index (χ0n) is 9.10. The Morgan fingerprint density at radius 1 is 1.50 bits per heavy atom. The van der Waals surface area contributed by atoms with Crippen LogP contribution in [0.2, 0.25) is 0 Å². The van der Waals surface area contributed by atoms with Gasteiger partial charge in [0.2, 0.25) is 5.91 Å². The summed E-state index contributed by atoms with van der Waals surface area (Å²) < 4.78 is 0. The van der Waals surface area contributed by atoms with Crippen LogP contribution in [0.4, 0.5) is 0 Å². The number of carbonyl (C=O) groups excluding carboxylic acids is 1. The molecule has 1 amide bonds. The number of hydrogen-bond acceptors (Lipinski definition) is 2. The van der Waals surface area contributed by atoms with Crippen LogP contribution in [0.3, 0.4) is 0 Å². The number of nitrogens with one attached hydrogen (secondary N) is 2. The Balaban J connectivity index is 1.78. The number of hydrogen-bond donors (Lipinski definition) is 2. The standard InChI is InChI=1S/C11H20N2O/c1-11(2)6-9(11)13-10(14)8-4-3-5-12-7-8/h8-9,12H,3-7H2,1-2H3,(H,13,14)/t8-,9?/m0/s1. The van der Waals surface area contributed by atoms with Crippen molar-refractivity contribution in [1.29, 1.82) is 0 Å². The first kappa shape index (κ1) is 9.97. The normalized spacial score (nSPS) is 35.0. The number of piperidine rings is 1. The molecule has 1 unspecified atom stereocenters. The molecule has 1 saturated carbocycles. The summed E-state index contributed by atoms with van der Waals surface area (Å²) in [7, 11) is 0. The highest BCUT2D eigenvalue weighted by Gasteiger charge is 2.47. The maximum atomic E-state index is 11.8. The highest BCUT2D eigenvalue weighted by atomic mass is 16.2. The number of rotatable bonds is 2. The molecule has 3 heteroatoms. The van der Waals surface area contributed by atoms with E-state index in [4.69, 9.17) is 0 Å². The largest absolute Gasteiger partial charge is 0.353 e. The Kier molecular flexibility index (Phi) is 2.52. The third-order valence-electron chi connectivity index (χ3n) is 3.50. The highest BCUT2D eigenvalue weighted by molar-refractivity contribution is 5.79. The van der Waals surface area contributed by atoms with Gasteiger partial charge in [-0.2, -0.15) is 0 Å². The van der Waals surface area contributed by atoms with E-state index in [0.717, 1.165) is 32.4 Å². The van der Waals surface area contributed by atoms with Gasteiger partial charge in [0.25, 0.3) is 0 Å². The zero-order chi connectivity index (χ0) is 10.2. The SMILES string of the molecule is CC1(C)CC1NC(=O)[C@H]1CCCNC1. The smallest absolute Gasteiger partial charge is 0.224 e. The van der Waals surface area contributed by atoms with Crippen LogP contribution in [0.15, 0.2) is 0 Å². The minimum atomic E-state index is 0.208.